The van der Waals surface area contributed by atoms with Crippen molar-refractivity contribution in [3.8, 4) is 0 Å². The summed E-state index contributed by atoms with van der Waals surface area (Å²) in [5.74, 6) is -0.564. The summed E-state index contributed by atoms with van der Waals surface area (Å²) >= 11 is 3.37. The quantitative estimate of drug-likeness (QED) is 0.448. The first-order valence-corrected chi connectivity index (χ1v) is 10.1. The molecule has 2 aromatic carbocycles. The van der Waals surface area contributed by atoms with Crippen molar-refractivity contribution in [1.82, 2.24) is 14.3 Å². The molecule has 0 N–H and O–H groups in total. The van der Waals surface area contributed by atoms with Crippen LogP contribution in [0, 0.1) is 0 Å². The van der Waals surface area contributed by atoms with Gasteiger partial charge in [-0.15, -0.1) is 0 Å². The summed E-state index contributed by atoms with van der Waals surface area (Å²) in [5.41, 5.74) is 0.790. The van der Waals surface area contributed by atoms with E-state index in [9.17, 15) is 14.4 Å². The monoisotopic (exact) mass is 449 g/mol. The molecule has 0 amide bonds. The molecule has 0 aliphatic carbocycles. The molecule has 0 radical (unpaired) electrons. The molecule has 0 saturated heterocycles. The second-order valence-electron chi connectivity index (χ2n) is 6.46. The summed E-state index contributed by atoms with van der Waals surface area (Å²) in [6.07, 6.45) is 1.44. The summed E-state index contributed by atoms with van der Waals surface area (Å²) in [5, 5.41) is 0.629. The van der Waals surface area contributed by atoms with Crippen LogP contribution in [0.4, 0.5) is 0 Å². The van der Waals surface area contributed by atoms with Gasteiger partial charge in [0, 0.05) is 17.1 Å². The molecule has 6 nitrogen and oxygen atoms in total. The zero-order valence-electron chi connectivity index (χ0n) is 15.3. The molecule has 4 rings (SSSR count). The van der Waals surface area contributed by atoms with Crippen LogP contribution in [-0.2, 0) is 11.9 Å². The SMILES string of the molecule is O=C(c1ccccc1CBr)n1c(=O)c2ncccc2c(=O)n1Cc1ccccc1. The fourth-order valence-corrected chi connectivity index (χ4v) is 3.74. The Labute approximate surface area is 174 Å². The molecule has 4 aromatic rings. The second-order valence-corrected chi connectivity index (χ2v) is 7.02. The molecule has 0 spiro atoms. The third kappa shape index (κ3) is 3.45. The molecule has 144 valence electrons. The molecule has 0 fully saturated rings. The molecule has 7 heteroatoms. The van der Waals surface area contributed by atoms with E-state index in [0.717, 1.165) is 15.8 Å². The highest BCUT2D eigenvalue weighted by molar-refractivity contribution is 9.08. The molecule has 29 heavy (non-hydrogen) atoms. The maximum atomic E-state index is 13.4. The van der Waals surface area contributed by atoms with Crippen LogP contribution in [-0.4, -0.2) is 20.3 Å². The van der Waals surface area contributed by atoms with E-state index in [-0.39, 0.29) is 17.4 Å². The molecular weight excluding hydrogens is 434 g/mol. The Hall–Kier alpha value is -3.32. The molecule has 0 bridgehead atoms. The van der Waals surface area contributed by atoms with Crippen molar-refractivity contribution in [2.75, 3.05) is 0 Å². The number of carbonyl (C=O) groups is 1. The number of hydrogen-bond acceptors (Lipinski definition) is 4. The summed E-state index contributed by atoms with van der Waals surface area (Å²) in [6.45, 7) is 0.0853. The average Bonchev–Trinajstić information content (AvgIpc) is 2.78. The maximum Gasteiger partial charge on any atom is 0.299 e. The van der Waals surface area contributed by atoms with E-state index in [2.05, 4.69) is 20.9 Å². The number of nitrogens with zero attached hydrogens (tertiary/aromatic N) is 3. The Bertz CT molecular complexity index is 1330. The first kappa shape index (κ1) is 19.0. The summed E-state index contributed by atoms with van der Waals surface area (Å²) in [4.78, 5) is 43.9. The number of alkyl halides is 1. The van der Waals surface area contributed by atoms with Gasteiger partial charge in [-0.05, 0) is 29.3 Å². The highest BCUT2D eigenvalue weighted by atomic mass is 79.9. The topological polar surface area (TPSA) is 74.0 Å². The van der Waals surface area contributed by atoms with E-state index in [4.69, 9.17) is 0 Å². The molecular formula is C22H16BrN3O3. The highest BCUT2D eigenvalue weighted by Crippen LogP contribution is 2.14. The molecule has 2 heterocycles. The van der Waals surface area contributed by atoms with Gasteiger partial charge in [-0.3, -0.25) is 19.4 Å². The largest absolute Gasteiger partial charge is 0.299 e. The summed E-state index contributed by atoms with van der Waals surface area (Å²) < 4.78 is 2.10. The standard InChI is InChI=1S/C22H16BrN3O3/c23-13-16-9-4-5-10-17(16)21(28)26-22(29)19-18(11-6-12-24-19)20(27)25(26)14-15-7-2-1-3-8-15/h1-12H,13-14H2. The van der Waals surface area contributed by atoms with E-state index >= 15 is 0 Å². The Balaban J connectivity index is 2.02. The average molecular weight is 450 g/mol. The number of fused-ring (bicyclic) bond motifs is 1. The van der Waals surface area contributed by atoms with Crippen LogP contribution < -0.4 is 11.1 Å². The lowest BCUT2D eigenvalue weighted by Gasteiger charge is -2.16. The second kappa shape index (κ2) is 7.97. The molecule has 0 saturated carbocycles. The number of pyridine rings is 1. The van der Waals surface area contributed by atoms with E-state index in [1.54, 1.807) is 30.3 Å². The van der Waals surface area contributed by atoms with Gasteiger partial charge in [0.2, 0.25) is 0 Å². The predicted octanol–water partition coefficient (Wildman–Crippen LogP) is 3.19. The molecule has 2 aromatic heterocycles. The van der Waals surface area contributed by atoms with Crippen LogP contribution in [0.5, 0.6) is 0 Å². The van der Waals surface area contributed by atoms with Gasteiger partial charge in [0.25, 0.3) is 17.0 Å². The number of hydrogen-bond donors (Lipinski definition) is 0. The minimum Gasteiger partial charge on any atom is -0.267 e. The molecule has 0 unspecified atom stereocenters. The highest BCUT2D eigenvalue weighted by Gasteiger charge is 2.22. The van der Waals surface area contributed by atoms with Crippen molar-refractivity contribution < 1.29 is 4.79 Å². The third-order valence-electron chi connectivity index (χ3n) is 4.67. The Morgan fingerprint density at radius 3 is 2.38 bits per heavy atom. The Morgan fingerprint density at radius 2 is 1.62 bits per heavy atom. The van der Waals surface area contributed by atoms with Crippen LogP contribution in [0.2, 0.25) is 0 Å². The number of aromatic nitrogens is 3. The van der Waals surface area contributed by atoms with Crippen molar-refractivity contribution in [2.24, 2.45) is 0 Å². The number of rotatable bonds is 4. The van der Waals surface area contributed by atoms with Gasteiger partial charge >= 0.3 is 0 Å². The normalized spacial score (nSPS) is 10.9. The van der Waals surface area contributed by atoms with Gasteiger partial charge in [0.15, 0.2) is 0 Å². The van der Waals surface area contributed by atoms with Gasteiger partial charge in [-0.2, -0.15) is 4.68 Å². The Morgan fingerprint density at radius 1 is 0.897 bits per heavy atom. The van der Waals surface area contributed by atoms with Gasteiger partial charge < -0.3 is 0 Å². The first-order chi connectivity index (χ1) is 14.1. The van der Waals surface area contributed by atoms with Crippen LogP contribution in [0.25, 0.3) is 10.9 Å². The number of carbonyl (C=O) groups excluding carboxylic acids is 1. The van der Waals surface area contributed by atoms with Crippen molar-refractivity contribution in [2.45, 2.75) is 11.9 Å². The molecule has 0 atom stereocenters. The van der Waals surface area contributed by atoms with Gasteiger partial charge in [-0.1, -0.05) is 64.5 Å². The van der Waals surface area contributed by atoms with E-state index in [0.29, 0.717) is 10.9 Å². The van der Waals surface area contributed by atoms with Gasteiger partial charge in [0.1, 0.15) is 5.52 Å². The van der Waals surface area contributed by atoms with E-state index in [1.165, 1.54) is 10.9 Å². The van der Waals surface area contributed by atoms with Gasteiger partial charge in [-0.25, -0.2) is 4.68 Å². The van der Waals surface area contributed by atoms with E-state index in [1.807, 2.05) is 36.4 Å². The zero-order chi connectivity index (χ0) is 20.4. The Kier molecular flexibility index (Phi) is 5.22. The number of benzene rings is 2. The van der Waals surface area contributed by atoms with E-state index < -0.39 is 17.0 Å². The lowest BCUT2D eigenvalue weighted by atomic mass is 10.1. The molecule has 0 aliphatic heterocycles. The van der Waals surface area contributed by atoms with Crippen LogP contribution in [0.15, 0.2) is 82.5 Å². The van der Waals surface area contributed by atoms with Crippen LogP contribution in [0.3, 0.4) is 0 Å². The lowest BCUT2D eigenvalue weighted by molar-refractivity contribution is 0.0919. The van der Waals surface area contributed by atoms with Crippen molar-refractivity contribution in [3.63, 3.8) is 0 Å². The van der Waals surface area contributed by atoms with Crippen molar-refractivity contribution in [3.05, 3.63) is 110 Å². The third-order valence-corrected chi connectivity index (χ3v) is 5.27. The smallest absolute Gasteiger partial charge is 0.267 e. The lowest BCUT2D eigenvalue weighted by Crippen LogP contribution is -2.43. The summed E-state index contributed by atoms with van der Waals surface area (Å²) in [7, 11) is 0. The predicted molar refractivity (Wildman–Crippen MR) is 115 cm³/mol. The fourth-order valence-electron chi connectivity index (χ4n) is 3.25. The van der Waals surface area contributed by atoms with Crippen LogP contribution >= 0.6 is 15.9 Å². The van der Waals surface area contributed by atoms with Gasteiger partial charge in [0.05, 0.1) is 11.9 Å². The molecule has 0 aliphatic rings. The maximum absolute atomic E-state index is 13.4. The first-order valence-electron chi connectivity index (χ1n) is 8.95. The zero-order valence-corrected chi connectivity index (χ0v) is 16.9. The minimum absolute atomic E-state index is 0.0218. The van der Waals surface area contributed by atoms with Crippen molar-refractivity contribution >= 4 is 32.7 Å². The van der Waals surface area contributed by atoms with Crippen molar-refractivity contribution in [1.29, 1.82) is 0 Å². The fraction of sp³-hybridized carbons (Fsp3) is 0.0909. The minimum atomic E-state index is -0.620. The summed E-state index contributed by atoms with van der Waals surface area (Å²) in [6, 6.07) is 19.4. The number of halogens is 1. The van der Waals surface area contributed by atoms with Crippen LogP contribution in [0.1, 0.15) is 21.5 Å².